The van der Waals surface area contributed by atoms with Crippen molar-refractivity contribution in [2.45, 2.75) is 6.42 Å². The number of hydrogen-bond acceptors (Lipinski definition) is 0. The molecule has 1 aromatic rings. The summed E-state index contributed by atoms with van der Waals surface area (Å²) in [5.74, 6) is 0.539. The van der Waals surface area contributed by atoms with Crippen LogP contribution >= 0.6 is 0 Å². The maximum absolute atomic E-state index is 4.11. The Morgan fingerprint density at radius 3 is 3.00 bits per heavy atom. The van der Waals surface area contributed by atoms with Gasteiger partial charge in [-0.15, -0.1) is 0 Å². The van der Waals surface area contributed by atoms with E-state index in [0.29, 0.717) is 5.92 Å². The van der Waals surface area contributed by atoms with Crippen LogP contribution in [0.5, 0.6) is 0 Å². The molecule has 0 radical (unpaired) electrons. The van der Waals surface area contributed by atoms with Crippen molar-refractivity contribution in [2.75, 3.05) is 0 Å². The maximum Gasteiger partial charge on any atom is 0.0130 e. The predicted molar refractivity (Wildman–Crippen MR) is 59.9 cm³/mol. The number of allylic oxidation sites excluding steroid dienone is 5. The first kappa shape index (κ1) is 7.81. The van der Waals surface area contributed by atoms with Crippen molar-refractivity contribution in [1.82, 2.24) is 0 Å². The van der Waals surface area contributed by atoms with E-state index in [1.165, 1.54) is 22.3 Å². The summed E-state index contributed by atoms with van der Waals surface area (Å²) >= 11 is 0. The molecule has 0 nitrogen and oxygen atoms in total. The SMILES string of the molecule is C=C1C=CC=C2c3ccccc3CC12. The van der Waals surface area contributed by atoms with Crippen LogP contribution in [0.2, 0.25) is 0 Å². The average Bonchev–Trinajstić information content (AvgIpc) is 2.59. The fourth-order valence-electron chi connectivity index (χ4n) is 2.43. The molecule has 0 N–H and O–H groups in total. The van der Waals surface area contributed by atoms with Gasteiger partial charge < -0.3 is 0 Å². The molecule has 0 saturated heterocycles. The first-order chi connectivity index (χ1) is 6.86. The first-order valence-corrected chi connectivity index (χ1v) is 5.01. The van der Waals surface area contributed by atoms with Gasteiger partial charge >= 0.3 is 0 Å². The summed E-state index contributed by atoms with van der Waals surface area (Å²) in [5.41, 5.74) is 5.59. The molecule has 0 amide bonds. The molecule has 0 saturated carbocycles. The molecule has 0 fully saturated rings. The predicted octanol–water partition coefficient (Wildman–Crippen LogP) is 3.37. The zero-order valence-corrected chi connectivity index (χ0v) is 8.03. The number of hydrogen-bond donors (Lipinski definition) is 0. The van der Waals surface area contributed by atoms with Gasteiger partial charge in [0.15, 0.2) is 0 Å². The molecule has 0 heterocycles. The molecule has 3 rings (SSSR count). The Balaban J connectivity index is 2.19. The van der Waals surface area contributed by atoms with Crippen LogP contribution in [-0.4, -0.2) is 0 Å². The van der Waals surface area contributed by atoms with Gasteiger partial charge in [0.25, 0.3) is 0 Å². The van der Waals surface area contributed by atoms with Gasteiger partial charge in [0, 0.05) is 5.92 Å². The van der Waals surface area contributed by atoms with Crippen LogP contribution in [0.15, 0.2) is 54.6 Å². The molecule has 0 aliphatic heterocycles. The van der Waals surface area contributed by atoms with Crippen molar-refractivity contribution in [1.29, 1.82) is 0 Å². The smallest absolute Gasteiger partial charge is 0.0130 e. The molecular formula is C14H12. The van der Waals surface area contributed by atoms with Crippen molar-refractivity contribution in [3.63, 3.8) is 0 Å². The van der Waals surface area contributed by atoms with E-state index >= 15 is 0 Å². The Morgan fingerprint density at radius 1 is 1.21 bits per heavy atom. The lowest BCUT2D eigenvalue weighted by molar-refractivity contribution is 0.831. The van der Waals surface area contributed by atoms with Crippen molar-refractivity contribution in [2.24, 2.45) is 5.92 Å². The van der Waals surface area contributed by atoms with Crippen molar-refractivity contribution in [3.05, 3.63) is 65.8 Å². The molecule has 0 spiro atoms. The Bertz CT molecular complexity index is 461. The van der Waals surface area contributed by atoms with Crippen LogP contribution in [0.1, 0.15) is 11.1 Å². The van der Waals surface area contributed by atoms with Gasteiger partial charge in [-0.1, -0.05) is 49.1 Å². The number of benzene rings is 1. The third-order valence-corrected chi connectivity index (χ3v) is 3.16. The Morgan fingerprint density at radius 2 is 2.07 bits per heavy atom. The van der Waals surface area contributed by atoms with E-state index in [-0.39, 0.29) is 0 Å². The van der Waals surface area contributed by atoms with Gasteiger partial charge in [0.2, 0.25) is 0 Å². The summed E-state index contributed by atoms with van der Waals surface area (Å²) in [7, 11) is 0. The zero-order valence-electron chi connectivity index (χ0n) is 8.03. The summed E-state index contributed by atoms with van der Waals surface area (Å²) in [6.07, 6.45) is 7.59. The number of fused-ring (bicyclic) bond motifs is 3. The molecule has 14 heavy (non-hydrogen) atoms. The van der Waals surface area contributed by atoms with Crippen LogP contribution in [0.25, 0.3) is 5.57 Å². The first-order valence-electron chi connectivity index (χ1n) is 5.01. The molecule has 1 atom stereocenters. The molecule has 68 valence electrons. The van der Waals surface area contributed by atoms with Crippen LogP contribution in [0, 0.1) is 5.92 Å². The second-order valence-corrected chi connectivity index (χ2v) is 3.97. The Labute approximate surface area is 84.3 Å². The molecule has 1 aromatic carbocycles. The fraction of sp³-hybridized carbons (Fsp3) is 0.143. The highest BCUT2D eigenvalue weighted by Gasteiger charge is 2.28. The van der Waals surface area contributed by atoms with E-state index in [0.717, 1.165) is 6.42 Å². The monoisotopic (exact) mass is 180 g/mol. The van der Waals surface area contributed by atoms with E-state index in [2.05, 4.69) is 49.1 Å². The maximum atomic E-state index is 4.11. The zero-order chi connectivity index (χ0) is 9.54. The normalized spacial score (nSPS) is 23.0. The van der Waals surface area contributed by atoms with Gasteiger partial charge in [0.05, 0.1) is 0 Å². The standard InChI is InChI=1S/C14H12/c1-10-5-4-8-13-12-7-3-2-6-11(12)9-14(10)13/h2-8,14H,1,9H2. The average molecular weight is 180 g/mol. The van der Waals surface area contributed by atoms with Gasteiger partial charge in [-0.2, -0.15) is 0 Å². The molecule has 2 aliphatic rings. The highest BCUT2D eigenvalue weighted by atomic mass is 14.3. The highest BCUT2D eigenvalue weighted by Crippen LogP contribution is 2.42. The lowest BCUT2D eigenvalue weighted by Gasteiger charge is -2.15. The van der Waals surface area contributed by atoms with Crippen molar-refractivity contribution >= 4 is 5.57 Å². The van der Waals surface area contributed by atoms with Crippen LogP contribution in [0.3, 0.4) is 0 Å². The molecule has 0 heteroatoms. The minimum Gasteiger partial charge on any atom is -0.0952 e. The largest absolute Gasteiger partial charge is 0.0952 e. The summed E-state index contributed by atoms with van der Waals surface area (Å²) in [4.78, 5) is 0. The summed E-state index contributed by atoms with van der Waals surface area (Å²) in [5, 5.41) is 0. The number of rotatable bonds is 0. The van der Waals surface area contributed by atoms with Crippen molar-refractivity contribution in [3.8, 4) is 0 Å². The summed E-state index contributed by atoms with van der Waals surface area (Å²) < 4.78 is 0. The summed E-state index contributed by atoms with van der Waals surface area (Å²) in [6, 6.07) is 8.67. The highest BCUT2D eigenvalue weighted by molar-refractivity contribution is 5.79. The molecule has 2 aliphatic carbocycles. The second kappa shape index (κ2) is 2.71. The minimum atomic E-state index is 0.539. The van der Waals surface area contributed by atoms with Gasteiger partial charge in [-0.25, -0.2) is 0 Å². The Kier molecular flexibility index (Phi) is 1.51. The van der Waals surface area contributed by atoms with Gasteiger partial charge in [-0.05, 0) is 28.7 Å². The van der Waals surface area contributed by atoms with Crippen LogP contribution < -0.4 is 0 Å². The topological polar surface area (TPSA) is 0 Å². The van der Waals surface area contributed by atoms with Crippen LogP contribution in [0.4, 0.5) is 0 Å². The van der Waals surface area contributed by atoms with E-state index < -0.39 is 0 Å². The molecule has 1 unspecified atom stereocenters. The Hall–Kier alpha value is -1.56. The minimum absolute atomic E-state index is 0.539. The third-order valence-electron chi connectivity index (χ3n) is 3.16. The summed E-state index contributed by atoms with van der Waals surface area (Å²) in [6.45, 7) is 4.11. The fourth-order valence-corrected chi connectivity index (χ4v) is 2.43. The lowest BCUT2D eigenvalue weighted by Crippen LogP contribution is -2.02. The van der Waals surface area contributed by atoms with Crippen LogP contribution in [-0.2, 0) is 6.42 Å². The van der Waals surface area contributed by atoms with E-state index in [1.807, 2.05) is 0 Å². The van der Waals surface area contributed by atoms with Crippen molar-refractivity contribution < 1.29 is 0 Å². The van der Waals surface area contributed by atoms with E-state index in [9.17, 15) is 0 Å². The van der Waals surface area contributed by atoms with Gasteiger partial charge in [-0.3, -0.25) is 0 Å². The van der Waals surface area contributed by atoms with E-state index in [1.54, 1.807) is 0 Å². The lowest BCUT2D eigenvalue weighted by atomic mass is 9.89. The molecule has 0 aromatic heterocycles. The molecular weight excluding hydrogens is 168 g/mol. The second-order valence-electron chi connectivity index (χ2n) is 3.97. The van der Waals surface area contributed by atoms with E-state index in [4.69, 9.17) is 0 Å². The quantitative estimate of drug-likeness (QED) is 0.574. The van der Waals surface area contributed by atoms with Gasteiger partial charge in [0.1, 0.15) is 0 Å². The third kappa shape index (κ3) is 0.941. The molecule has 0 bridgehead atoms.